The van der Waals surface area contributed by atoms with Crippen molar-refractivity contribution < 1.29 is 9.52 Å². The van der Waals surface area contributed by atoms with Gasteiger partial charge in [-0.25, -0.2) is 4.79 Å². The van der Waals surface area contributed by atoms with Crippen molar-refractivity contribution in [2.75, 3.05) is 0 Å². The first-order valence-electron chi connectivity index (χ1n) is 5.99. The average molecular weight is 252 g/mol. The van der Waals surface area contributed by atoms with Crippen LogP contribution in [0, 0.1) is 6.92 Å². The standard InChI is InChI=1S/C16H12O3/c1-10-6-5-9-12-14(17)13(16(18)19-15(10)12)11-7-3-2-4-8-11/h2-9,17H,1H3. The second-order valence-electron chi connectivity index (χ2n) is 4.43. The van der Waals surface area contributed by atoms with Crippen LogP contribution in [0.15, 0.2) is 57.7 Å². The molecule has 0 saturated carbocycles. The molecular weight excluding hydrogens is 240 g/mol. The summed E-state index contributed by atoms with van der Waals surface area (Å²) in [5.74, 6) is -0.0267. The topological polar surface area (TPSA) is 50.4 Å². The Morgan fingerprint density at radius 3 is 2.47 bits per heavy atom. The maximum Gasteiger partial charge on any atom is 0.347 e. The van der Waals surface area contributed by atoms with Crippen LogP contribution in [0.25, 0.3) is 22.1 Å². The van der Waals surface area contributed by atoms with E-state index in [0.717, 1.165) is 5.56 Å². The third-order valence-corrected chi connectivity index (χ3v) is 3.17. The lowest BCUT2D eigenvalue weighted by molar-refractivity contribution is 0.471. The summed E-state index contributed by atoms with van der Waals surface area (Å²) in [4.78, 5) is 12.1. The number of aromatic hydroxyl groups is 1. The first-order chi connectivity index (χ1) is 9.18. The van der Waals surface area contributed by atoms with Crippen LogP contribution in [0.4, 0.5) is 0 Å². The van der Waals surface area contributed by atoms with Gasteiger partial charge >= 0.3 is 5.63 Å². The smallest absolute Gasteiger partial charge is 0.347 e. The molecule has 3 heteroatoms. The number of fused-ring (bicyclic) bond motifs is 1. The van der Waals surface area contributed by atoms with Gasteiger partial charge in [-0.05, 0) is 24.1 Å². The predicted octanol–water partition coefficient (Wildman–Crippen LogP) is 3.47. The Kier molecular flexibility index (Phi) is 2.60. The fourth-order valence-electron chi connectivity index (χ4n) is 2.21. The number of hydrogen-bond donors (Lipinski definition) is 1. The van der Waals surface area contributed by atoms with Gasteiger partial charge in [-0.1, -0.05) is 42.5 Å². The second-order valence-corrected chi connectivity index (χ2v) is 4.43. The zero-order valence-corrected chi connectivity index (χ0v) is 10.4. The third kappa shape index (κ3) is 1.80. The van der Waals surface area contributed by atoms with E-state index < -0.39 is 5.63 Å². The van der Waals surface area contributed by atoms with Crippen molar-refractivity contribution in [3.63, 3.8) is 0 Å². The first kappa shape index (κ1) is 11.5. The molecule has 3 rings (SSSR count). The Morgan fingerprint density at radius 2 is 1.74 bits per heavy atom. The van der Waals surface area contributed by atoms with Gasteiger partial charge in [0.2, 0.25) is 0 Å². The lowest BCUT2D eigenvalue weighted by Gasteiger charge is -2.07. The molecule has 0 unspecified atom stereocenters. The van der Waals surface area contributed by atoms with Gasteiger partial charge in [-0.15, -0.1) is 0 Å². The lowest BCUT2D eigenvalue weighted by Crippen LogP contribution is -2.04. The quantitative estimate of drug-likeness (QED) is 0.674. The number of para-hydroxylation sites is 1. The summed E-state index contributed by atoms with van der Waals surface area (Å²) in [7, 11) is 0. The van der Waals surface area contributed by atoms with Gasteiger partial charge in [0.05, 0.1) is 5.39 Å². The molecule has 0 aliphatic rings. The minimum Gasteiger partial charge on any atom is -0.506 e. The number of rotatable bonds is 1. The molecule has 94 valence electrons. The van der Waals surface area contributed by atoms with Gasteiger partial charge in [0, 0.05) is 0 Å². The average Bonchev–Trinajstić information content (AvgIpc) is 2.41. The van der Waals surface area contributed by atoms with E-state index >= 15 is 0 Å². The van der Waals surface area contributed by atoms with E-state index in [1.54, 1.807) is 18.2 Å². The van der Waals surface area contributed by atoms with Crippen LogP contribution in [0.2, 0.25) is 0 Å². The van der Waals surface area contributed by atoms with Crippen LogP contribution in [-0.4, -0.2) is 5.11 Å². The van der Waals surface area contributed by atoms with E-state index in [9.17, 15) is 9.90 Å². The van der Waals surface area contributed by atoms with Crippen molar-refractivity contribution in [2.24, 2.45) is 0 Å². The minimum atomic E-state index is -0.523. The zero-order valence-electron chi connectivity index (χ0n) is 10.4. The molecule has 3 aromatic rings. The molecule has 2 aromatic carbocycles. The van der Waals surface area contributed by atoms with Crippen LogP contribution >= 0.6 is 0 Å². The van der Waals surface area contributed by atoms with Gasteiger partial charge in [-0.3, -0.25) is 0 Å². The van der Waals surface area contributed by atoms with Crippen molar-refractivity contribution in [2.45, 2.75) is 6.92 Å². The van der Waals surface area contributed by atoms with Crippen molar-refractivity contribution in [1.82, 2.24) is 0 Å². The molecule has 0 aliphatic carbocycles. The van der Waals surface area contributed by atoms with E-state index in [1.165, 1.54) is 0 Å². The highest BCUT2D eigenvalue weighted by atomic mass is 16.4. The Bertz CT molecular complexity index is 801. The predicted molar refractivity (Wildman–Crippen MR) is 74.3 cm³/mol. The molecule has 1 aromatic heterocycles. The first-order valence-corrected chi connectivity index (χ1v) is 5.99. The lowest BCUT2D eigenvalue weighted by atomic mass is 10.0. The molecule has 0 amide bonds. The summed E-state index contributed by atoms with van der Waals surface area (Å²) in [6.07, 6.45) is 0. The maximum atomic E-state index is 12.1. The molecule has 19 heavy (non-hydrogen) atoms. The van der Waals surface area contributed by atoms with Crippen molar-refractivity contribution >= 4 is 11.0 Å². The summed E-state index contributed by atoms with van der Waals surface area (Å²) in [6, 6.07) is 14.4. The zero-order chi connectivity index (χ0) is 13.4. The maximum absolute atomic E-state index is 12.1. The molecule has 0 aliphatic heterocycles. The van der Waals surface area contributed by atoms with Crippen molar-refractivity contribution in [3.8, 4) is 16.9 Å². The van der Waals surface area contributed by atoms with Gasteiger partial charge in [0.1, 0.15) is 16.9 Å². The molecule has 1 heterocycles. The third-order valence-electron chi connectivity index (χ3n) is 3.17. The normalized spacial score (nSPS) is 10.8. The van der Waals surface area contributed by atoms with Crippen LogP contribution in [0.3, 0.4) is 0 Å². The summed E-state index contributed by atoms with van der Waals surface area (Å²) >= 11 is 0. The van der Waals surface area contributed by atoms with E-state index in [2.05, 4.69) is 0 Å². The molecular formula is C16H12O3. The molecule has 0 saturated heterocycles. The van der Waals surface area contributed by atoms with Crippen LogP contribution < -0.4 is 5.63 Å². The minimum absolute atomic E-state index is 0.0267. The van der Waals surface area contributed by atoms with Crippen molar-refractivity contribution in [1.29, 1.82) is 0 Å². The summed E-state index contributed by atoms with van der Waals surface area (Å²) < 4.78 is 5.34. The van der Waals surface area contributed by atoms with Crippen LogP contribution in [0.1, 0.15) is 5.56 Å². The molecule has 0 atom stereocenters. The van der Waals surface area contributed by atoms with E-state index in [-0.39, 0.29) is 11.3 Å². The Balaban J connectivity index is 2.43. The largest absolute Gasteiger partial charge is 0.506 e. The molecule has 0 spiro atoms. The van der Waals surface area contributed by atoms with Gasteiger partial charge < -0.3 is 9.52 Å². The molecule has 1 N–H and O–H groups in total. The Morgan fingerprint density at radius 1 is 1.00 bits per heavy atom. The van der Waals surface area contributed by atoms with E-state index in [1.807, 2.05) is 37.3 Å². The molecule has 0 bridgehead atoms. The number of hydrogen-bond acceptors (Lipinski definition) is 3. The SMILES string of the molecule is Cc1cccc2c(O)c(-c3ccccc3)c(=O)oc12. The highest BCUT2D eigenvalue weighted by Gasteiger charge is 2.16. The van der Waals surface area contributed by atoms with Gasteiger partial charge in [0.25, 0.3) is 0 Å². The van der Waals surface area contributed by atoms with E-state index in [4.69, 9.17) is 4.42 Å². The summed E-state index contributed by atoms with van der Waals surface area (Å²) in [5, 5.41) is 10.9. The monoisotopic (exact) mass is 252 g/mol. The Labute approximate surface area is 109 Å². The Hall–Kier alpha value is -2.55. The van der Waals surface area contributed by atoms with E-state index in [0.29, 0.717) is 16.5 Å². The molecule has 0 fully saturated rings. The second kappa shape index (κ2) is 4.28. The van der Waals surface area contributed by atoms with Gasteiger partial charge in [-0.2, -0.15) is 0 Å². The molecule has 3 nitrogen and oxygen atoms in total. The summed E-state index contributed by atoms with van der Waals surface area (Å²) in [5.41, 5.74) is 1.59. The fraction of sp³-hybridized carbons (Fsp3) is 0.0625. The van der Waals surface area contributed by atoms with Gasteiger partial charge in [0.15, 0.2) is 0 Å². The fourth-order valence-corrected chi connectivity index (χ4v) is 2.21. The van der Waals surface area contributed by atoms with Crippen LogP contribution in [-0.2, 0) is 0 Å². The van der Waals surface area contributed by atoms with Crippen LogP contribution in [0.5, 0.6) is 5.75 Å². The highest BCUT2D eigenvalue weighted by molar-refractivity contribution is 5.91. The number of aryl methyl sites for hydroxylation is 1. The number of benzene rings is 2. The molecule has 0 radical (unpaired) electrons. The van der Waals surface area contributed by atoms with Crippen molar-refractivity contribution in [3.05, 3.63) is 64.5 Å². The highest BCUT2D eigenvalue weighted by Crippen LogP contribution is 2.33. The summed E-state index contributed by atoms with van der Waals surface area (Å²) in [6.45, 7) is 1.84.